The SMILES string of the molecule is COc1cccc(NC(=O)C2CC(c3ccccc3)CN(C(=O)c3ccccc3)C2)c1. The minimum absolute atomic E-state index is 0.0413. The van der Waals surface area contributed by atoms with Crippen molar-refractivity contribution in [3.05, 3.63) is 96.1 Å². The van der Waals surface area contributed by atoms with E-state index in [9.17, 15) is 9.59 Å². The van der Waals surface area contributed by atoms with Crippen LogP contribution in [-0.2, 0) is 4.79 Å². The zero-order valence-electron chi connectivity index (χ0n) is 17.5. The van der Waals surface area contributed by atoms with E-state index in [4.69, 9.17) is 4.74 Å². The first-order valence-electron chi connectivity index (χ1n) is 10.5. The summed E-state index contributed by atoms with van der Waals surface area (Å²) < 4.78 is 5.25. The molecule has 1 saturated heterocycles. The molecule has 1 fully saturated rings. The minimum atomic E-state index is -0.308. The van der Waals surface area contributed by atoms with E-state index in [0.29, 0.717) is 36.5 Å². The lowest BCUT2D eigenvalue weighted by Crippen LogP contribution is -2.46. The fourth-order valence-corrected chi connectivity index (χ4v) is 4.13. The maximum absolute atomic E-state index is 13.2. The first-order valence-corrected chi connectivity index (χ1v) is 10.5. The van der Waals surface area contributed by atoms with Gasteiger partial charge in [0, 0.05) is 36.3 Å². The van der Waals surface area contributed by atoms with E-state index in [1.165, 1.54) is 0 Å². The van der Waals surface area contributed by atoms with Crippen LogP contribution in [0, 0.1) is 5.92 Å². The Labute approximate surface area is 182 Å². The van der Waals surface area contributed by atoms with Crippen LogP contribution >= 0.6 is 0 Å². The van der Waals surface area contributed by atoms with E-state index in [1.807, 2.05) is 71.6 Å². The van der Waals surface area contributed by atoms with Crippen LogP contribution in [0.4, 0.5) is 5.69 Å². The molecule has 158 valence electrons. The molecule has 1 heterocycles. The van der Waals surface area contributed by atoms with Gasteiger partial charge in [-0.1, -0.05) is 54.6 Å². The van der Waals surface area contributed by atoms with Gasteiger partial charge in [0.2, 0.25) is 5.91 Å². The van der Waals surface area contributed by atoms with Crippen LogP contribution in [0.5, 0.6) is 5.75 Å². The van der Waals surface area contributed by atoms with Gasteiger partial charge in [0.15, 0.2) is 0 Å². The summed E-state index contributed by atoms with van der Waals surface area (Å²) in [7, 11) is 1.60. The topological polar surface area (TPSA) is 58.6 Å². The molecule has 0 aromatic heterocycles. The molecule has 2 amide bonds. The van der Waals surface area contributed by atoms with Gasteiger partial charge in [-0.05, 0) is 36.2 Å². The third-order valence-corrected chi connectivity index (χ3v) is 5.74. The Morgan fingerprint density at radius 2 is 1.61 bits per heavy atom. The number of nitrogens with zero attached hydrogens (tertiary/aromatic N) is 1. The quantitative estimate of drug-likeness (QED) is 0.665. The fraction of sp³-hybridized carbons (Fsp3) is 0.231. The van der Waals surface area contributed by atoms with Crippen molar-refractivity contribution in [1.82, 2.24) is 4.90 Å². The number of amides is 2. The fourth-order valence-electron chi connectivity index (χ4n) is 4.13. The molecule has 31 heavy (non-hydrogen) atoms. The Morgan fingerprint density at radius 3 is 2.32 bits per heavy atom. The zero-order valence-corrected chi connectivity index (χ0v) is 17.5. The molecule has 3 aromatic carbocycles. The first kappa shape index (κ1) is 20.7. The second-order valence-corrected chi connectivity index (χ2v) is 7.84. The van der Waals surface area contributed by atoms with Crippen molar-refractivity contribution >= 4 is 17.5 Å². The molecule has 5 nitrogen and oxygen atoms in total. The van der Waals surface area contributed by atoms with Crippen molar-refractivity contribution in [1.29, 1.82) is 0 Å². The number of nitrogens with one attached hydrogen (secondary N) is 1. The monoisotopic (exact) mass is 414 g/mol. The number of anilines is 1. The molecule has 0 radical (unpaired) electrons. The molecule has 0 spiro atoms. The number of hydrogen-bond donors (Lipinski definition) is 1. The molecular formula is C26H26N2O3. The van der Waals surface area contributed by atoms with Crippen LogP contribution in [0.3, 0.4) is 0 Å². The van der Waals surface area contributed by atoms with Gasteiger partial charge >= 0.3 is 0 Å². The third-order valence-electron chi connectivity index (χ3n) is 5.74. The zero-order chi connectivity index (χ0) is 21.6. The predicted octanol–water partition coefficient (Wildman–Crippen LogP) is 4.58. The Balaban J connectivity index is 1.56. The average molecular weight is 415 g/mol. The summed E-state index contributed by atoms with van der Waals surface area (Å²) in [4.78, 5) is 28.1. The van der Waals surface area contributed by atoms with Crippen molar-refractivity contribution in [2.75, 3.05) is 25.5 Å². The van der Waals surface area contributed by atoms with Gasteiger partial charge < -0.3 is 15.0 Å². The highest BCUT2D eigenvalue weighted by Crippen LogP contribution is 2.32. The number of carbonyl (C=O) groups excluding carboxylic acids is 2. The summed E-state index contributed by atoms with van der Waals surface area (Å²) in [5, 5.41) is 3.00. The Morgan fingerprint density at radius 1 is 0.903 bits per heavy atom. The summed E-state index contributed by atoms with van der Waals surface area (Å²) in [6.45, 7) is 0.994. The van der Waals surface area contributed by atoms with E-state index in [-0.39, 0.29) is 23.7 Å². The number of ether oxygens (including phenoxy) is 1. The summed E-state index contributed by atoms with van der Waals surface area (Å²) in [6.07, 6.45) is 0.693. The number of carbonyl (C=O) groups is 2. The number of likely N-dealkylation sites (tertiary alicyclic amines) is 1. The van der Waals surface area contributed by atoms with Gasteiger partial charge in [0.1, 0.15) is 5.75 Å². The van der Waals surface area contributed by atoms with Crippen molar-refractivity contribution < 1.29 is 14.3 Å². The maximum atomic E-state index is 13.2. The van der Waals surface area contributed by atoms with Gasteiger partial charge in [-0.25, -0.2) is 0 Å². The molecule has 0 bridgehead atoms. The molecule has 1 N–H and O–H groups in total. The highest BCUT2D eigenvalue weighted by Gasteiger charge is 2.34. The molecule has 0 aliphatic carbocycles. The van der Waals surface area contributed by atoms with Crippen LogP contribution in [0.1, 0.15) is 28.3 Å². The lowest BCUT2D eigenvalue weighted by molar-refractivity contribution is -0.121. The molecule has 4 rings (SSSR count). The standard InChI is InChI=1S/C26H26N2O3/c1-31-24-14-8-13-23(16-24)27-25(29)22-15-21(19-9-4-2-5-10-19)17-28(18-22)26(30)20-11-6-3-7-12-20/h2-14,16,21-22H,15,17-18H2,1H3,(H,27,29). The highest BCUT2D eigenvalue weighted by molar-refractivity contribution is 5.96. The van der Waals surface area contributed by atoms with E-state index >= 15 is 0 Å². The van der Waals surface area contributed by atoms with Crippen molar-refractivity contribution in [3.63, 3.8) is 0 Å². The van der Waals surface area contributed by atoms with Gasteiger partial charge in [-0.2, -0.15) is 0 Å². The lowest BCUT2D eigenvalue weighted by atomic mass is 9.83. The van der Waals surface area contributed by atoms with Crippen LogP contribution in [0.2, 0.25) is 0 Å². The van der Waals surface area contributed by atoms with Crippen molar-refractivity contribution in [2.24, 2.45) is 5.92 Å². The molecule has 2 atom stereocenters. The minimum Gasteiger partial charge on any atom is -0.497 e. The highest BCUT2D eigenvalue weighted by atomic mass is 16.5. The molecule has 5 heteroatoms. The predicted molar refractivity (Wildman–Crippen MR) is 121 cm³/mol. The van der Waals surface area contributed by atoms with E-state index in [0.717, 1.165) is 5.56 Å². The molecule has 0 saturated carbocycles. The molecule has 1 aliphatic heterocycles. The van der Waals surface area contributed by atoms with Crippen LogP contribution in [0.25, 0.3) is 0 Å². The smallest absolute Gasteiger partial charge is 0.253 e. The first-order chi connectivity index (χ1) is 15.1. The number of benzene rings is 3. The molecule has 3 aromatic rings. The van der Waals surface area contributed by atoms with E-state index < -0.39 is 0 Å². The summed E-state index contributed by atoms with van der Waals surface area (Å²) in [6, 6.07) is 26.7. The summed E-state index contributed by atoms with van der Waals surface area (Å²) >= 11 is 0. The third kappa shape index (κ3) is 4.94. The number of hydrogen-bond acceptors (Lipinski definition) is 3. The van der Waals surface area contributed by atoms with Crippen LogP contribution < -0.4 is 10.1 Å². The number of piperidine rings is 1. The summed E-state index contributed by atoms with van der Waals surface area (Å²) in [5.74, 6) is 0.353. The summed E-state index contributed by atoms with van der Waals surface area (Å²) in [5.41, 5.74) is 2.47. The van der Waals surface area contributed by atoms with Gasteiger partial charge in [0.25, 0.3) is 5.91 Å². The second kappa shape index (κ2) is 9.47. The molecular weight excluding hydrogens is 388 g/mol. The normalized spacial score (nSPS) is 18.3. The van der Waals surface area contributed by atoms with E-state index in [1.54, 1.807) is 13.2 Å². The Bertz CT molecular complexity index is 1040. The largest absolute Gasteiger partial charge is 0.497 e. The Hall–Kier alpha value is -3.60. The lowest BCUT2D eigenvalue weighted by Gasteiger charge is -2.37. The molecule has 2 unspecified atom stereocenters. The van der Waals surface area contributed by atoms with Gasteiger partial charge in [-0.15, -0.1) is 0 Å². The second-order valence-electron chi connectivity index (χ2n) is 7.84. The maximum Gasteiger partial charge on any atom is 0.253 e. The van der Waals surface area contributed by atoms with Crippen LogP contribution in [-0.4, -0.2) is 36.9 Å². The van der Waals surface area contributed by atoms with Gasteiger partial charge in [0.05, 0.1) is 13.0 Å². The number of rotatable bonds is 5. The van der Waals surface area contributed by atoms with E-state index in [2.05, 4.69) is 17.4 Å². The Kier molecular flexibility index (Phi) is 6.32. The number of methoxy groups -OCH3 is 1. The molecule has 1 aliphatic rings. The average Bonchev–Trinajstić information content (AvgIpc) is 2.84. The van der Waals surface area contributed by atoms with Gasteiger partial charge in [-0.3, -0.25) is 9.59 Å². The van der Waals surface area contributed by atoms with Crippen molar-refractivity contribution in [3.8, 4) is 5.75 Å². The van der Waals surface area contributed by atoms with Crippen LogP contribution in [0.15, 0.2) is 84.9 Å². The van der Waals surface area contributed by atoms with Crippen molar-refractivity contribution in [2.45, 2.75) is 12.3 Å².